The van der Waals surface area contributed by atoms with Gasteiger partial charge in [0.1, 0.15) is 5.54 Å². The van der Waals surface area contributed by atoms with Crippen molar-refractivity contribution in [2.75, 3.05) is 0 Å². The summed E-state index contributed by atoms with van der Waals surface area (Å²) in [4.78, 5) is 11.2. The van der Waals surface area contributed by atoms with Crippen LogP contribution in [0.5, 0.6) is 0 Å². The van der Waals surface area contributed by atoms with Gasteiger partial charge in [-0.05, 0) is 20.8 Å². The molecule has 0 saturated carbocycles. The Balaban J connectivity index is 2.82. The molecule has 0 spiro atoms. The fourth-order valence-electron chi connectivity index (χ4n) is 1.56. The van der Waals surface area contributed by atoms with Crippen LogP contribution in [0.4, 0.5) is 0 Å². The molecule has 5 nitrogen and oxygen atoms in total. The number of rotatable bonds is 5. The smallest absolute Gasteiger partial charge is 0.325 e. The highest BCUT2D eigenvalue weighted by atomic mass is 35.5. The van der Waals surface area contributed by atoms with Gasteiger partial charge < -0.3 is 5.11 Å². The zero-order valence-corrected chi connectivity index (χ0v) is 10.3. The van der Waals surface area contributed by atoms with Gasteiger partial charge in [-0.25, -0.2) is 0 Å². The van der Waals surface area contributed by atoms with Gasteiger partial charge in [0.15, 0.2) is 0 Å². The van der Waals surface area contributed by atoms with E-state index < -0.39 is 11.5 Å². The third-order valence-corrected chi connectivity index (χ3v) is 2.35. The van der Waals surface area contributed by atoms with E-state index in [0.717, 1.165) is 0 Å². The molecule has 1 atom stereocenters. The second-order valence-corrected chi connectivity index (χ2v) is 4.73. The van der Waals surface area contributed by atoms with Crippen LogP contribution in [0.3, 0.4) is 0 Å². The molecule has 0 aliphatic carbocycles. The first-order valence-corrected chi connectivity index (χ1v) is 5.40. The first kappa shape index (κ1) is 13.0. The average Bonchev–Trinajstić information content (AvgIpc) is 2.49. The molecule has 0 aliphatic rings. The lowest BCUT2D eigenvalue weighted by molar-refractivity contribution is -0.145. The number of aliphatic carboxylic acids is 1. The normalized spacial score (nSPS) is 15.1. The topological polar surface area (TPSA) is 67.2 Å². The molecule has 90 valence electrons. The molecule has 1 heterocycles. The number of nitrogens with one attached hydrogen (secondary N) is 1. The molecular formula is C10H16ClN3O2. The molecule has 1 aromatic heterocycles. The Morgan fingerprint density at radius 1 is 1.75 bits per heavy atom. The van der Waals surface area contributed by atoms with Crippen LogP contribution < -0.4 is 5.32 Å². The summed E-state index contributed by atoms with van der Waals surface area (Å²) < 4.78 is 1.52. The third-order valence-electron chi connectivity index (χ3n) is 2.16. The van der Waals surface area contributed by atoms with E-state index >= 15 is 0 Å². The lowest BCUT2D eigenvalue weighted by Crippen LogP contribution is -2.55. The van der Waals surface area contributed by atoms with Gasteiger partial charge in [0.05, 0.1) is 17.8 Å². The standard InChI is InChI=1S/C10H16ClN3O2/c1-7(2)13-10(3,9(15)16)6-14-5-8(11)4-12-14/h4-5,7,13H,6H2,1-3H3,(H,15,16). The van der Waals surface area contributed by atoms with Crippen LogP contribution in [-0.2, 0) is 11.3 Å². The number of halogens is 1. The molecule has 0 aliphatic heterocycles. The van der Waals surface area contributed by atoms with Crippen LogP contribution >= 0.6 is 11.6 Å². The van der Waals surface area contributed by atoms with Crippen LogP contribution in [0.15, 0.2) is 12.4 Å². The van der Waals surface area contributed by atoms with Gasteiger partial charge in [-0.3, -0.25) is 14.8 Å². The maximum atomic E-state index is 11.2. The van der Waals surface area contributed by atoms with E-state index in [4.69, 9.17) is 11.6 Å². The highest BCUT2D eigenvalue weighted by molar-refractivity contribution is 6.30. The van der Waals surface area contributed by atoms with Crippen LogP contribution in [0.2, 0.25) is 5.02 Å². The largest absolute Gasteiger partial charge is 0.480 e. The number of carboxylic acid groups (broad SMARTS) is 1. The Morgan fingerprint density at radius 3 is 2.75 bits per heavy atom. The van der Waals surface area contributed by atoms with E-state index in [9.17, 15) is 9.90 Å². The highest BCUT2D eigenvalue weighted by Crippen LogP contribution is 2.12. The minimum atomic E-state index is -1.05. The van der Waals surface area contributed by atoms with E-state index in [2.05, 4.69) is 10.4 Å². The molecule has 0 radical (unpaired) electrons. The number of aromatic nitrogens is 2. The van der Waals surface area contributed by atoms with Crippen molar-refractivity contribution in [1.29, 1.82) is 0 Å². The predicted molar refractivity (Wildman–Crippen MR) is 61.5 cm³/mol. The van der Waals surface area contributed by atoms with Gasteiger partial charge in [-0.1, -0.05) is 11.6 Å². The molecular weight excluding hydrogens is 230 g/mol. The number of carbonyl (C=O) groups is 1. The minimum absolute atomic E-state index is 0.0761. The van der Waals surface area contributed by atoms with Gasteiger partial charge in [-0.15, -0.1) is 0 Å². The van der Waals surface area contributed by atoms with E-state index in [1.807, 2.05) is 13.8 Å². The van der Waals surface area contributed by atoms with Crippen LogP contribution in [0, 0.1) is 0 Å². The fourth-order valence-corrected chi connectivity index (χ4v) is 1.72. The first-order chi connectivity index (χ1) is 7.33. The molecule has 2 N–H and O–H groups in total. The zero-order valence-electron chi connectivity index (χ0n) is 9.57. The summed E-state index contributed by atoms with van der Waals surface area (Å²) in [5.74, 6) is -0.909. The van der Waals surface area contributed by atoms with Gasteiger partial charge in [0.2, 0.25) is 0 Å². The fraction of sp³-hybridized carbons (Fsp3) is 0.600. The van der Waals surface area contributed by atoms with Crippen molar-refractivity contribution in [1.82, 2.24) is 15.1 Å². The zero-order chi connectivity index (χ0) is 12.3. The van der Waals surface area contributed by atoms with Crippen molar-refractivity contribution in [3.8, 4) is 0 Å². The summed E-state index contributed by atoms with van der Waals surface area (Å²) in [5.41, 5.74) is -1.05. The molecule has 1 rings (SSSR count). The molecule has 1 unspecified atom stereocenters. The summed E-state index contributed by atoms with van der Waals surface area (Å²) in [6, 6.07) is 0.0761. The summed E-state index contributed by atoms with van der Waals surface area (Å²) in [6.07, 6.45) is 3.09. The maximum absolute atomic E-state index is 11.2. The molecule has 6 heteroatoms. The van der Waals surface area contributed by atoms with Crippen molar-refractivity contribution in [3.63, 3.8) is 0 Å². The molecule has 16 heavy (non-hydrogen) atoms. The Bertz CT molecular complexity index is 378. The van der Waals surface area contributed by atoms with Gasteiger partial charge >= 0.3 is 5.97 Å². The number of carboxylic acids is 1. The quantitative estimate of drug-likeness (QED) is 0.823. The van der Waals surface area contributed by atoms with Crippen LogP contribution in [0.1, 0.15) is 20.8 Å². The van der Waals surface area contributed by atoms with Crippen LogP contribution in [0.25, 0.3) is 0 Å². The third kappa shape index (κ3) is 3.21. The summed E-state index contributed by atoms with van der Waals surface area (Å²) in [6.45, 7) is 5.66. The van der Waals surface area contributed by atoms with Crippen molar-refractivity contribution < 1.29 is 9.90 Å². The number of hydrogen-bond acceptors (Lipinski definition) is 3. The number of nitrogens with zero attached hydrogens (tertiary/aromatic N) is 2. The summed E-state index contributed by atoms with van der Waals surface area (Å²) >= 11 is 5.72. The SMILES string of the molecule is CC(C)NC(C)(Cn1cc(Cl)cn1)C(=O)O. The predicted octanol–water partition coefficient (Wildman–Crippen LogP) is 1.38. The number of hydrogen-bond donors (Lipinski definition) is 2. The van der Waals surface area contributed by atoms with Gasteiger partial charge in [0.25, 0.3) is 0 Å². The summed E-state index contributed by atoms with van der Waals surface area (Å²) in [7, 11) is 0. The molecule has 0 bridgehead atoms. The molecule has 1 aromatic rings. The highest BCUT2D eigenvalue weighted by Gasteiger charge is 2.34. The lowest BCUT2D eigenvalue weighted by atomic mass is 10.0. The molecule has 0 fully saturated rings. The molecule has 0 saturated heterocycles. The second-order valence-electron chi connectivity index (χ2n) is 4.29. The Labute approximate surface area is 99.4 Å². The van der Waals surface area contributed by atoms with Gasteiger partial charge in [-0.2, -0.15) is 5.10 Å². The van der Waals surface area contributed by atoms with E-state index in [1.54, 1.807) is 13.1 Å². The second kappa shape index (κ2) is 4.84. The van der Waals surface area contributed by atoms with Crippen LogP contribution in [-0.4, -0.2) is 32.4 Å². The Hall–Kier alpha value is -1.07. The lowest BCUT2D eigenvalue weighted by Gasteiger charge is -2.28. The van der Waals surface area contributed by atoms with Crippen molar-refractivity contribution in [2.24, 2.45) is 0 Å². The molecule has 0 amide bonds. The van der Waals surface area contributed by atoms with E-state index in [0.29, 0.717) is 5.02 Å². The van der Waals surface area contributed by atoms with Crippen molar-refractivity contribution in [3.05, 3.63) is 17.4 Å². The maximum Gasteiger partial charge on any atom is 0.325 e. The monoisotopic (exact) mass is 245 g/mol. The van der Waals surface area contributed by atoms with Crippen molar-refractivity contribution in [2.45, 2.75) is 38.9 Å². The summed E-state index contributed by atoms with van der Waals surface area (Å²) in [5, 5.41) is 16.7. The Kier molecular flexibility index (Phi) is 3.93. The molecule has 0 aromatic carbocycles. The minimum Gasteiger partial charge on any atom is -0.480 e. The Morgan fingerprint density at radius 2 is 2.38 bits per heavy atom. The average molecular weight is 246 g/mol. The van der Waals surface area contributed by atoms with E-state index in [-0.39, 0.29) is 12.6 Å². The first-order valence-electron chi connectivity index (χ1n) is 5.02. The van der Waals surface area contributed by atoms with Gasteiger partial charge in [0, 0.05) is 12.2 Å². The van der Waals surface area contributed by atoms with E-state index in [1.165, 1.54) is 10.9 Å². The van der Waals surface area contributed by atoms with Crippen molar-refractivity contribution >= 4 is 17.6 Å².